The average Bonchev–Trinajstić information content (AvgIpc) is 3.11. The third kappa shape index (κ3) is 2.86. The molecule has 0 amide bonds. The van der Waals surface area contributed by atoms with Gasteiger partial charge in [-0.15, -0.1) is 16.4 Å². The summed E-state index contributed by atoms with van der Waals surface area (Å²) in [6.07, 6.45) is -2.81. The van der Waals surface area contributed by atoms with Gasteiger partial charge >= 0.3 is 6.18 Å². The van der Waals surface area contributed by atoms with E-state index in [9.17, 15) is 13.2 Å². The van der Waals surface area contributed by atoms with E-state index in [1.165, 1.54) is 27.7 Å². The van der Waals surface area contributed by atoms with Crippen LogP contribution in [0, 0.1) is 6.92 Å². The fourth-order valence-electron chi connectivity index (χ4n) is 1.93. The fraction of sp³-hybridized carbons (Fsp3) is 0.333. The Kier molecular flexibility index (Phi) is 3.47. The third-order valence-electron chi connectivity index (χ3n) is 3.01. The molecule has 0 saturated heterocycles. The van der Waals surface area contributed by atoms with Crippen LogP contribution in [0.2, 0.25) is 0 Å². The Morgan fingerprint density at radius 3 is 2.64 bits per heavy atom. The first-order valence-corrected chi connectivity index (χ1v) is 7.13. The Hall–Kier alpha value is -2.23. The van der Waals surface area contributed by atoms with Gasteiger partial charge in [0.2, 0.25) is 0 Å². The van der Waals surface area contributed by atoms with Crippen LogP contribution in [0.3, 0.4) is 0 Å². The summed E-state index contributed by atoms with van der Waals surface area (Å²) in [5, 5.41) is 14.1. The third-order valence-corrected chi connectivity index (χ3v) is 3.78. The minimum atomic E-state index is -4.46. The molecule has 3 aromatic heterocycles. The second-order valence-electron chi connectivity index (χ2n) is 4.70. The molecule has 0 N–H and O–H groups in total. The summed E-state index contributed by atoms with van der Waals surface area (Å²) in [4.78, 5) is 4.29. The van der Waals surface area contributed by atoms with Gasteiger partial charge in [0.15, 0.2) is 5.69 Å². The largest absolute Gasteiger partial charge is 0.435 e. The molecule has 0 saturated carbocycles. The minimum Gasteiger partial charge on any atom is -0.270 e. The van der Waals surface area contributed by atoms with Gasteiger partial charge in [0.1, 0.15) is 11.4 Å². The van der Waals surface area contributed by atoms with Crippen LogP contribution in [-0.2, 0) is 19.8 Å². The molecule has 0 aliphatic carbocycles. The SMILES string of the molecule is Cc1nc(-c2cn(Cc3cc(C(F)(F)F)nn3C)nn2)cs1. The zero-order valence-corrected chi connectivity index (χ0v) is 12.5. The van der Waals surface area contributed by atoms with E-state index in [2.05, 4.69) is 20.4 Å². The van der Waals surface area contributed by atoms with Crippen molar-refractivity contribution in [2.45, 2.75) is 19.6 Å². The van der Waals surface area contributed by atoms with E-state index in [4.69, 9.17) is 0 Å². The van der Waals surface area contributed by atoms with Crippen molar-refractivity contribution in [3.63, 3.8) is 0 Å². The van der Waals surface area contributed by atoms with Crippen LogP contribution in [0.15, 0.2) is 17.6 Å². The van der Waals surface area contributed by atoms with Crippen LogP contribution < -0.4 is 0 Å². The summed E-state index contributed by atoms with van der Waals surface area (Å²) in [6, 6.07) is 1.01. The number of aromatic nitrogens is 6. The molecule has 10 heteroatoms. The normalized spacial score (nSPS) is 12.0. The minimum absolute atomic E-state index is 0.149. The molecule has 0 fully saturated rings. The predicted molar refractivity (Wildman–Crippen MR) is 73.2 cm³/mol. The predicted octanol–water partition coefficient (Wildman–Crippen LogP) is 2.51. The van der Waals surface area contributed by atoms with Gasteiger partial charge in [-0.25, -0.2) is 9.67 Å². The summed E-state index contributed by atoms with van der Waals surface area (Å²) in [5.74, 6) is 0. The van der Waals surface area contributed by atoms with Gasteiger partial charge in [0.25, 0.3) is 0 Å². The van der Waals surface area contributed by atoms with Crippen molar-refractivity contribution in [1.29, 1.82) is 0 Å². The second kappa shape index (κ2) is 5.20. The molecule has 3 aromatic rings. The van der Waals surface area contributed by atoms with Crippen molar-refractivity contribution in [1.82, 2.24) is 29.8 Å². The molecule has 0 aromatic carbocycles. The Morgan fingerprint density at radius 2 is 2.05 bits per heavy atom. The number of rotatable bonds is 3. The summed E-state index contributed by atoms with van der Waals surface area (Å²) >= 11 is 1.49. The standard InChI is InChI=1S/C12H11F3N6S/c1-7-16-10(6-22-7)9-5-21(19-17-9)4-8-3-11(12(13,14)15)18-20(8)2/h3,5-6H,4H2,1-2H3. The van der Waals surface area contributed by atoms with Gasteiger partial charge < -0.3 is 0 Å². The van der Waals surface area contributed by atoms with Crippen molar-refractivity contribution in [3.05, 3.63) is 34.0 Å². The lowest BCUT2D eigenvalue weighted by Gasteiger charge is -2.00. The Morgan fingerprint density at radius 1 is 1.27 bits per heavy atom. The van der Waals surface area contributed by atoms with E-state index in [1.807, 2.05) is 12.3 Å². The molecule has 0 aliphatic rings. The fourth-order valence-corrected chi connectivity index (χ4v) is 2.54. The van der Waals surface area contributed by atoms with E-state index in [0.717, 1.165) is 11.1 Å². The smallest absolute Gasteiger partial charge is 0.270 e. The van der Waals surface area contributed by atoms with Crippen LogP contribution >= 0.6 is 11.3 Å². The van der Waals surface area contributed by atoms with Crippen molar-refractivity contribution >= 4 is 11.3 Å². The van der Waals surface area contributed by atoms with Crippen LogP contribution in [-0.4, -0.2) is 29.8 Å². The lowest BCUT2D eigenvalue weighted by atomic mass is 10.3. The van der Waals surface area contributed by atoms with E-state index in [-0.39, 0.29) is 6.54 Å². The zero-order chi connectivity index (χ0) is 15.9. The molecular formula is C12H11F3N6S. The molecule has 3 rings (SSSR count). The quantitative estimate of drug-likeness (QED) is 0.741. The molecule has 0 spiro atoms. The summed E-state index contributed by atoms with van der Waals surface area (Å²) in [6.45, 7) is 2.03. The van der Waals surface area contributed by atoms with Gasteiger partial charge in [0, 0.05) is 12.4 Å². The highest BCUT2D eigenvalue weighted by atomic mass is 32.1. The molecule has 6 nitrogen and oxygen atoms in total. The van der Waals surface area contributed by atoms with Crippen molar-refractivity contribution in [2.75, 3.05) is 0 Å². The number of nitrogens with zero attached hydrogens (tertiary/aromatic N) is 6. The lowest BCUT2D eigenvalue weighted by Crippen LogP contribution is -2.07. The lowest BCUT2D eigenvalue weighted by molar-refractivity contribution is -0.141. The maximum absolute atomic E-state index is 12.6. The van der Waals surface area contributed by atoms with Gasteiger partial charge in [0.05, 0.1) is 23.4 Å². The number of alkyl halides is 3. The van der Waals surface area contributed by atoms with Crippen LogP contribution in [0.4, 0.5) is 13.2 Å². The first-order valence-electron chi connectivity index (χ1n) is 6.25. The summed E-state index contributed by atoms with van der Waals surface area (Å²) < 4.78 is 40.5. The van der Waals surface area contributed by atoms with Crippen molar-refractivity contribution < 1.29 is 13.2 Å². The maximum atomic E-state index is 12.6. The molecule has 0 atom stereocenters. The van der Waals surface area contributed by atoms with E-state index in [1.54, 1.807) is 6.20 Å². The van der Waals surface area contributed by atoms with Crippen LogP contribution in [0.1, 0.15) is 16.4 Å². The first kappa shape index (κ1) is 14.7. The highest BCUT2D eigenvalue weighted by Gasteiger charge is 2.34. The van der Waals surface area contributed by atoms with Crippen LogP contribution in [0.25, 0.3) is 11.4 Å². The Balaban J connectivity index is 1.82. The molecule has 0 radical (unpaired) electrons. The molecule has 22 heavy (non-hydrogen) atoms. The number of halogens is 3. The highest BCUT2D eigenvalue weighted by molar-refractivity contribution is 7.09. The number of thiazole rings is 1. The van der Waals surface area contributed by atoms with E-state index >= 15 is 0 Å². The zero-order valence-electron chi connectivity index (χ0n) is 11.7. The molecule has 0 bridgehead atoms. The highest BCUT2D eigenvalue weighted by Crippen LogP contribution is 2.28. The topological polar surface area (TPSA) is 61.4 Å². The Labute approximate surface area is 127 Å². The molecule has 0 aliphatic heterocycles. The molecule has 116 valence electrons. The monoisotopic (exact) mass is 328 g/mol. The van der Waals surface area contributed by atoms with Gasteiger partial charge in [-0.1, -0.05) is 5.21 Å². The summed E-state index contributed by atoms with van der Waals surface area (Å²) in [5.41, 5.74) is 0.760. The molecular weight excluding hydrogens is 317 g/mol. The van der Waals surface area contributed by atoms with Gasteiger partial charge in [-0.2, -0.15) is 18.3 Å². The number of hydrogen-bond donors (Lipinski definition) is 0. The van der Waals surface area contributed by atoms with Gasteiger partial charge in [-0.3, -0.25) is 4.68 Å². The van der Waals surface area contributed by atoms with Crippen molar-refractivity contribution in [2.24, 2.45) is 7.05 Å². The van der Waals surface area contributed by atoms with E-state index in [0.29, 0.717) is 17.1 Å². The van der Waals surface area contributed by atoms with Crippen molar-refractivity contribution in [3.8, 4) is 11.4 Å². The van der Waals surface area contributed by atoms with Gasteiger partial charge in [-0.05, 0) is 13.0 Å². The molecule has 0 unspecified atom stereocenters. The first-order chi connectivity index (χ1) is 10.3. The van der Waals surface area contributed by atoms with E-state index < -0.39 is 11.9 Å². The average molecular weight is 328 g/mol. The van der Waals surface area contributed by atoms with Crippen LogP contribution in [0.5, 0.6) is 0 Å². The number of hydrogen-bond acceptors (Lipinski definition) is 5. The maximum Gasteiger partial charge on any atom is 0.435 e. The number of aryl methyl sites for hydroxylation is 2. The summed E-state index contributed by atoms with van der Waals surface area (Å²) in [7, 11) is 1.46. The molecule has 3 heterocycles. The second-order valence-corrected chi connectivity index (χ2v) is 5.76. The Bertz CT molecular complexity index is 800.